The van der Waals surface area contributed by atoms with Gasteiger partial charge in [-0.1, -0.05) is 0 Å². The molecule has 0 spiro atoms. The van der Waals surface area contributed by atoms with Gasteiger partial charge in [0, 0.05) is 0 Å². The summed E-state index contributed by atoms with van der Waals surface area (Å²) in [5.41, 5.74) is 1.00. The van der Waals surface area contributed by atoms with Crippen LogP contribution in [0.1, 0.15) is 34.1 Å². The van der Waals surface area contributed by atoms with Crippen molar-refractivity contribution in [1.29, 1.82) is 0 Å². The second-order valence-electron chi connectivity index (χ2n) is 5.83. The van der Waals surface area contributed by atoms with Gasteiger partial charge in [-0.2, -0.15) is 0 Å². The molecule has 7 heteroatoms. The van der Waals surface area contributed by atoms with Gasteiger partial charge in [0.05, 0.1) is 0 Å². The quantitative estimate of drug-likeness (QED) is 0.496. The van der Waals surface area contributed by atoms with Crippen LogP contribution in [-0.2, 0) is 42.1 Å². The molecule has 6 nitrogen and oxygen atoms in total. The van der Waals surface area contributed by atoms with Crippen molar-refractivity contribution in [3.05, 3.63) is 58.1 Å². The summed E-state index contributed by atoms with van der Waals surface area (Å²) in [5, 5.41) is 0. The third kappa shape index (κ3) is 5.15. The number of allylic oxidation sites excluding steroid dienone is 4. The minimum absolute atomic E-state index is 0.0944. The molecule has 0 aliphatic heterocycles. The second-order valence-corrected chi connectivity index (χ2v) is 9.47. The van der Waals surface area contributed by atoms with Crippen molar-refractivity contribution in [3.8, 4) is 0 Å². The summed E-state index contributed by atoms with van der Waals surface area (Å²) >= 11 is -4.87. The zero-order chi connectivity index (χ0) is 19.4. The molecule has 0 saturated carbocycles. The molecule has 0 unspecified atom stereocenters. The molecule has 134 valence electrons. The van der Waals surface area contributed by atoms with E-state index in [1.54, 1.807) is 13.0 Å². The first-order valence-electron chi connectivity index (χ1n) is 7.53. The topological polar surface area (TPSA) is 78.9 Å². The van der Waals surface area contributed by atoms with Crippen molar-refractivity contribution in [3.63, 3.8) is 0 Å². The Bertz CT molecular complexity index is 657. The number of rotatable bonds is 7. The summed E-state index contributed by atoms with van der Waals surface area (Å²) in [7, 11) is 0. The van der Waals surface area contributed by atoms with Crippen molar-refractivity contribution in [1.82, 2.24) is 0 Å². The van der Waals surface area contributed by atoms with E-state index in [-0.39, 0.29) is 16.7 Å². The Balaban J connectivity index is 3.47. The van der Waals surface area contributed by atoms with Gasteiger partial charge in [0.15, 0.2) is 0 Å². The number of hydrogen-bond donors (Lipinski definition) is 0. The van der Waals surface area contributed by atoms with Crippen LogP contribution in [0.3, 0.4) is 0 Å². The maximum absolute atomic E-state index is 12.2. The Morgan fingerprint density at radius 2 is 1.24 bits per heavy atom. The van der Waals surface area contributed by atoms with Crippen molar-refractivity contribution in [2.75, 3.05) is 0 Å². The van der Waals surface area contributed by atoms with E-state index in [1.165, 1.54) is 20.8 Å². The Hall–Kier alpha value is -2.18. The molecule has 1 rings (SSSR count). The molecule has 0 heterocycles. The predicted octanol–water partition coefficient (Wildman–Crippen LogP) is 3.48. The van der Waals surface area contributed by atoms with Gasteiger partial charge in [-0.3, -0.25) is 0 Å². The summed E-state index contributed by atoms with van der Waals surface area (Å²) in [6, 6.07) is 0. The average molecular weight is 382 g/mol. The molecule has 0 bridgehead atoms. The molecular weight excluding hydrogens is 360 g/mol. The van der Waals surface area contributed by atoms with E-state index in [0.717, 1.165) is 5.57 Å². The first kappa shape index (κ1) is 20.9. The average Bonchev–Trinajstić information content (AvgIpc) is 2.93. The van der Waals surface area contributed by atoms with Crippen molar-refractivity contribution in [2.24, 2.45) is 0 Å². The van der Waals surface area contributed by atoms with Crippen LogP contribution in [0.4, 0.5) is 0 Å². The van der Waals surface area contributed by atoms with Crippen LogP contribution in [0.2, 0.25) is 0 Å². The SMILES string of the molecule is C=C(C)C(=O)[O][Ti]([O]C(=O)C(=C)C)([O]C(=O)C(=C)C)[C]1=C(C)C=CC1. The van der Waals surface area contributed by atoms with Gasteiger partial charge in [-0.05, 0) is 0 Å². The molecule has 0 aromatic heterocycles. The van der Waals surface area contributed by atoms with Crippen LogP contribution < -0.4 is 0 Å². The normalized spacial score (nSPS) is 13.3. The molecule has 0 amide bonds. The van der Waals surface area contributed by atoms with E-state index < -0.39 is 35.7 Å². The van der Waals surface area contributed by atoms with E-state index in [1.807, 2.05) is 6.08 Å². The van der Waals surface area contributed by atoms with Gasteiger partial charge in [0.2, 0.25) is 0 Å². The molecule has 0 N–H and O–H groups in total. The van der Waals surface area contributed by atoms with E-state index in [2.05, 4.69) is 19.7 Å². The molecule has 0 radical (unpaired) electrons. The van der Waals surface area contributed by atoms with Crippen LogP contribution in [0.15, 0.2) is 58.1 Å². The Kier molecular flexibility index (Phi) is 6.91. The van der Waals surface area contributed by atoms with Gasteiger partial charge >= 0.3 is 152 Å². The van der Waals surface area contributed by atoms with Crippen LogP contribution in [0.25, 0.3) is 0 Å². The summed E-state index contributed by atoms with van der Waals surface area (Å²) in [5.74, 6) is -2.39. The minimum atomic E-state index is -4.87. The third-order valence-electron chi connectivity index (χ3n) is 3.26. The van der Waals surface area contributed by atoms with Gasteiger partial charge < -0.3 is 0 Å². The Labute approximate surface area is 152 Å². The Morgan fingerprint density at radius 1 is 0.880 bits per heavy atom. The molecule has 0 aromatic carbocycles. The van der Waals surface area contributed by atoms with Crippen LogP contribution >= 0.6 is 0 Å². The maximum atomic E-state index is 12.2. The number of carbonyl (C=O) groups excluding carboxylic acids is 3. The molecule has 1 aliphatic carbocycles. The second kappa shape index (κ2) is 8.27. The summed E-state index contributed by atoms with van der Waals surface area (Å²) in [6.45, 7) is 16.7. The van der Waals surface area contributed by atoms with E-state index in [4.69, 9.17) is 9.96 Å². The van der Waals surface area contributed by atoms with E-state index >= 15 is 0 Å². The van der Waals surface area contributed by atoms with Crippen LogP contribution in [0.5, 0.6) is 0 Å². The molecule has 0 atom stereocenters. The number of carbonyl (C=O) groups is 3. The van der Waals surface area contributed by atoms with Crippen LogP contribution in [0, 0.1) is 0 Å². The van der Waals surface area contributed by atoms with Crippen molar-refractivity contribution in [2.45, 2.75) is 34.1 Å². The van der Waals surface area contributed by atoms with Gasteiger partial charge in [0.1, 0.15) is 0 Å². The predicted molar refractivity (Wildman–Crippen MR) is 89.2 cm³/mol. The van der Waals surface area contributed by atoms with Gasteiger partial charge in [0.25, 0.3) is 0 Å². The molecule has 0 fully saturated rings. The van der Waals surface area contributed by atoms with Gasteiger partial charge in [-0.15, -0.1) is 0 Å². The zero-order valence-electron chi connectivity index (χ0n) is 14.9. The molecule has 1 aliphatic rings. The Morgan fingerprint density at radius 3 is 1.48 bits per heavy atom. The fraction of sp³-hybridized carbons (Fsp3) is 0.278. The van der Waals surface area contributed by atoms with Crippen molar-refractivity contribution < 1.29 is 42.1 Å². The van der Waals surface area contributed by atoms with Gasteiger partial charge in [-0.25, -0.2) is 0 Å². The summed E-state index contributed by atoms with van der Waals surface area (Å²) in [6.07, 6.45) is 3.94. The standard InChI is InChI=1S/C6H7.3C4H6O2.Ti/c1-6-4-2-3-5-6;3*1-3(2)4(5)6;/h2,4H,3H2,1H3;3*1H2,2H3,(H,5,6);/q;;;;+3/p-3. The molecular formula is C18H22O6Ti. The monoisotopic (exact) mass is 382 g/mol. The van der Waals surface area contributed by atoms with E-state index in [0.29, 0.717) is 10.3 Å². The number of hydrogen-bond acceptors (Lipinski definition) is 6. The fourth-order valence-electron chi connectivity index (χ4n) is 1.86. The summed E-state index contributed by atoms with van der Waals surface area (Å²) < 4.78 is 16.9. The summed E-state index contributed by atoms with van der Waals surface area (Å²) in [4.78, 5) is 36.5. The fourth-order valence-corrected chi connectivity index (χ4v) is 6.05. The van der Waals surface area contributed by atoms with Crippen molar-refractivity contribution >= 4 is 17.9 Å². The first-order chi connectivity index (χ1) is 11.5. The van der Waals surface area contributed by atoms with Crippen LogP contribution in [-0.4, -0.2) is 17.9 Å². The molecule has 25 heavy (non-hydrogen) atoms. The molecule has 0 aromatic rings. The zero-order valence-corrected chi connectivity index (χ0v) is 16.5. The molecule has 0 saturated heterocycles. The first-order valence-corrected chi connectivity index (χ1v) is 10.2. The third-order valence-corrected chi connectivity index (χ3v) is 7.48. The van der Waals surface area contributed by atoms with E-state index in [9.17, 15) is 14.4 Å².